The van der Waals surface area contributed by atoms with E-state index in [2.05, 4.69) is 12.2 Å². The van der Waals surface area contributed by atoms with Gasteiger partial charge in [-0.15, -0.1) is 0 Å². The van der Waals surface area contributed by atoms with Crippen LogP contribution < -0.4 is 19.5 Å². The Morgan fingerprint density at radius 2 is 1.67 bits per heavy atom. The molecule has 0 spiro atoms. The molecule has 5 nitrogen and oxygen atoms in total. The van der Waals surface area contributed by atoms with Crippen LogP contribution in [0.25, 0.3) is 0 Å². The number of ether oxygens (including phenoxy) is 4. The average Bonchev–Trinajstić information content (AvgIpc) is 2.51. The highest BCUT2D eigenvalue weighted by atomic mass is 16.5. The van der Waals surface area contributed by atoms with Gasteiger partial charge < -0.3 is 24.3 Å². The zero-order chi connectivity index (χ0) is 15.2. The van der Waals surface area contributed by atoms with E-state index in [0.717, 1.165) is 30.2 Å². The molecule has 1 aliphatic carbocycles. The molecular weight excluding hydrogens is 270 g/mol. The monoisotopic (exact) mass is 295 g/mol. The number of hydrogen-bond donors (Lipinski definition) is 1. The third-order valence-corrected chi connectivity index (χ3v) is 3.69. The van der Waals surface area contributed by atoms with Crippen LogP contribution in [0, 0.1) is 0 Å². The van der Waals surface area contributed by atoms with Crippen LogP contribution in [0.1, 0.15) is 20.3 Å². The Labute approximate surface area is 126 Å². The highest BCUT2D eigenvalue weighted by Crippen LogP contribution is 2.33. The summed E-state index contributed by atoms with van der Waals surface area (Å²) in [5, 5.41) is 3.42. The zero-order valence-corrected chi connectivity index (χ0v) is 13.2. The largest absolute Gasteiger partial charge is 0.496 e. The number of likely N-dealkylation sites (N-methyl/N-ethyl adjacent to an activating group) is 1. The fourth-order valence-electron chi connectivity index (χ4n) is 2.60. The van der Waals surface area contributed by atoms with Crippen LogP contribution in [0.5, 0.6) is 17.2 Å². The number of benzene rings is 1. The van der Waals surface area contributed by atoms with Crippen molar-refractivity contribution in [3.63, 3.8) is 0 Å². The van der Waals surface area contributed by atoms with Gasteiger partial charge in [0.15, 0.2) is 0 Å². The number of hydrogen-bond acceptors (Lipinski definition) is 5. The molecule has 0 radical (unpaired) electrons. The van der Waals surface area contributed by atoms with Crippen LogP contribution in [0.3, 0.4) is 0 Å². The van der Waals surface area contributed by atoms with Gasteiger partial charge in [-0.05, 0) is 13.5 Å². The van der Waals surface area contributed by atoms with Crippen LogP contribution in [-0.4, -0.2) is 45.6 Å². The maximum absolute atomic E-state index is 6.05. The summed E-state index contributed by atoms with van der Waals surface area (Å²) in [4.78, 5) is 0. The number of methoxy groups -OCH3 is 2. The third kappa shape index (κ3) is 3.80. The van der Waals surface area contributed by atoms with Gasteiger partial charge in [0.2, 0.25) is 0 Å². The first kappa shape index (κ1) is 15.9. The summed E-state index contributed by atoms with van der Waals surface area (Å²) >= 11 is 0. The van der Waals surface area contributed by atoms with Crippen LogP contribution >= 0.6 is 0 Å². The quantitative estimate of drug-likeness (QED) is 0.797. The third-order valence-electron chi connectivity index (χ3n) is 3.69. The molecule has 5 heteroatoms. The lowest BCUT2D eigenvalue weighted by atomic mass is 9.85. The van der Waals surface area contributed by atoms with E-state index in [1.807, 2.05) is 25.1 Å². The van der Waals surface area contributed by atoms with Crippen molar-refractivity contribution in [2.24, 2.45) is 0 Å². The minimum absolute atomic E-state index is 0.0609. The molecule has 1 N–H and O–H groups in total. The van der Waals surface area contributed by atoms with Crippen molar-refractivity contribution in [3.05, 3.63) is 18.2 Å². The second-order valence-electron chi connectivity index (χ2n) is 5.02. The van der Waals surface area contributed by atoms with Gasteiger partial charge in [-0.25, -0.2) is 0 Å². The van der Waals surface area contributed by atoms with Crippen molar-refractivity contribution >= 4 is 0 Å². The van der Waals surface area contributed by atoms with Crippen LogP contribution in [-0.2, 0) is 4.74 Å². The first-order valence-corrected chi connectivity index (χ1v) is 7.46. The number of nitrogens with one attached hydrogen (secondary N) is 1. The molecule has 1 aliphatic rings. The Balaban J connectivity index is 2.04. The highest BCUT2D eigenvalue weighted by Gasteiger charge is 2.43. The fraction of sp³-hybridized carbons (Fsp3) is 0.625. The van der Waals surface area contributed by atoms with Gasteiger partial charge in [-0.2, -0.15) is 0 Å². The Kier molecular flexibility index (Phi) is 5.70. The van der Waals surface area contributed by atoms with Crippen LogP contribution in [0.15, 0.2) is 18.2 Å². The molecular formula is C16H25NO4. The van der Waals surface area contributed by atoms with Crippen molar-refractivity contribution in [2.45, 2.75) is 38.5 Å². The predicted octanol–water partition coefficient (Wildman–Crippen LogP) is 2.24. The van der Waals surface area contributed by atoms with Crippen LogP contribution in [0.4, 0.5) is 0 Å². The second kappa shape index (κ2) is 7.52. The maximum atomic E-state index is 6.05. The van der Waals surface area contributed by atoms with Gasteiger partial charge >= 0.3 is 0 Å². The summed E-state index contributed by atoms with van der Waals surface area (Å²) in [5.74, 6) is 2.19. The van der Waals surface area contributed by atoms with E-state index in [9.17, 15) is 0 Å². The Morgan fingerprint density at radius 1 is 1.05 bits per heavy atom. The van der Waals surface area contributed by atoms with Gasteiger partial charge in [-0.3, -0.25) is 0 Å². The van der Waals surface area contributed by atoms with Crippen molar-refractivity contribution in [1.29, 1.82) is 0 Å². The van der Waals surface area contributed by atoms with E-state index in [0.29, 0.717) is 12.6 Å². The zero-order valence-electron chi connectivity index (χ0n) is 13.2. The lowest BCUT2D eigenvalue weighted by molar-refractivity contribution is -0.104. The molecule has 0 aliphatic heterocycles. The lowest BCUT2D eigenvalue weighted by Crippen LogP contribution is -2.61. The number of rotatable bonds is 8. The molecule has 1 fully saturated rings. The van der Waals surface area contributed by atoms with E-state index in [1.165, 1.54) is 0 Å². The molecule has 0 saturated heterocycles. The molecule has 3 atom stereocenters. The summed E-state index contributed by atoms with van der Waals surface area (Å²) in [7, 11) is 3.26. The van der Waals surface area contributed by atoms with Crippen molar-refractivity contribution in [3.8, 4) is 17.2 Å². The van der Waals surface area contributed by atoms with Crippen LogP contribution in [0.2, 0.25) is 0 Å². The topological polar surface area (TPSA) is 49.0 Å². The average molecular weight is 295 g/mol. The maximum Gasteiger partial charge on any atom is 0.128 e. The molecule has 0 aromatic heterocycles. The molecule has 3 unspecified atom stereocenters. The SMILES string of the molecule is CCNC1CC(Oc2cc(OC)cc(OC)c2)C1OCC. The van der Waals surface area contributed by atoms with E-state index in [4.69, 9.17) is 18.9 Å². The van der Waals surface area contributed by atoms with Gasteiger partial charge in [-0.1, -0.05) is 6.92 Å². The molecule has 0 heterocycles. The molecule has 21 heavy (non-hydrogen) atoms. The molecule has 1 aromatic rings. The summed E-state index contributed by atoms with van der Waals surface area (Å²) in [6.45, 7) is 5.73. The molecule has 118 valence electrons. The predicted molar refractivity (Wildman–Crippen MR) is 81.5 cm³/mol. The Bertz CT molecular complexity index is 430. The molecule has 0 amide bonds. The Hall–Kier alpha value is -1.46. The first-order chi connectivity index (χ1) is 10.2. The standard InChI is InChI=1S/C16H25NO4/c1-5-17-14-10-15(16(14)20-6-2)21-13-8-11(18-3)7-12(9-13)19-4/h7-9,14-17H,5-6,10H2,1-4H3. The summed E-state index contributed by atoms with van der Waals surface area (Å²) in [6, 6.07) is 5.93. The normalized spacial score (nSPS) is 24.3. The summed E-state index contributed by atoms with van der Waals surface area (Å²) in [5.41, 5.74) is 0. The molecule has 2 rings (SSSR count). The summed E-state index contributed by atoms with van der Waals surface area (Å²) < 4.78 is 22.4. The molecule has 1 aromatic carbocycles. The minimum Gasteiger partial charge on any atom is -0.496 e. The first-order valence-electron chi connectivity index (χ1n) is 7.46. The second-order valence-corrected chi connectivity index (χ2v) is 5.02. The van der Waals surface area contributed by atoms with Crippen molar-refractivity contribution in [2.75, 3.05) is 27.4 Å². The summed E-state index contributed by atoms with van der Waals surface area (Å²) in [6.07, 6.45) is 1.09. The van der Waals surface area contributed by atoms with Gasteiger partial charge in [0, 0.05) is 37.3 Å². The minimum atomic E-state index is 0.0609. The van der Waals surface area contributed by atoms with Gasteiger partial charge in [0.1, 0.15) is 29.5 Å². The van der Waals surface area contributed by atoms with E-state index in [1.54, 1.807) is 14.2 Å². The fourth-order valence-corrected chi connectivity index (χ4v) is 2.60. The van der Waals surface area contributed by atoms with Crippen molar-refractivity contribution in [1.82, 2.24) is 5.32 Å². The molecule has 0 bridgehead atoms. The highest BCUT2D eigenvalue weighted by molar-refractivity contribution is 5.42. The van der Waals surface area contributed by atoms with Gasteiger partial charge in [0.05, 0.1) is 14.2 Å². The van der Waals surface area contributed by atoms with E-state index >= 15 is 0 Å². The Morgan fingerprint density at radius 3 is 2.19 bits per heavy atom. The van der Waals surface area contributed by atoms with Gasteiger partial charge in [0.25, 0.3) is 0 Å². The smallest absolute Gasteiger partial charge is 0.128 e. The molecule has 1 saturated carbocycles. The van der Waals surface area contributed by atoms with E-state index < -0.39 is 0 Å². The van der Waals surface area contributed by atoms with E-state index in [-0.39, 0.29) is 12.2 Å². The van der Waals surface area contributed by atoms with Crippen molar-refractivity contribution < 1.29 is 18.9 Å². The lowest BCUT2D eigenvalue weighted by Gasteiger charge is -2.44.